The number of hydrogen-bond donors (Lipinski definition) is 1. The standard InChI is InChI=1S/C23H28N2O3/c1-16-19(14-22(27)24-18-11-13-28-15-18)23-20(8-5-9-21(23)26)25(16)12-10-17-6-3-2-4-7-17/h2-4,6-7,18H,5,8-15H2,1H3,(H,24,27)/t18-/m0/s1. The van der Waals surface area contributed by atoms with Crippen LogP contribution in [0.3, 0.4) is 0 Å². The van der Waals surface area contributed by atoms with Crippen molar-refractivity contribution in [3.05, 3.63) is 58.4 Å². The number of hydrogen-bond acceptors (Lipinski definition) is 3. The zero-order valence-corrected chi connectivity index (χ0v) is 16.5. The van der Waals surface area contributed by atoms with Crippen molar-refractivity contribution >= 4 is 11.7 Å². The molecule has 1 N–H and O–H groups in total. The van der Waals surface area contributed by atoms with E-state index in [2.05, 4.69) is 41.1 Å². The molecule has 0 saturated carbocycles. The molecule has 1 amide bonds. The van der Waals surface area contributed by atoms with E-state index in [0.717, 1.165) is 54.7 Å². The van der Waals surface area contributed by atoms with Crippen molar-refractivity contribution < 1.29 is 14.3 Å². The van der Waals surface area contributed by atoms with Gasteiger partial charge in [0.1, 0.15) is 0 Å². The van der Waals surface area contributed by atoms with Gasteiger partial charge in [-0.1, -0.05) is 30.3 Å². The summed E-state index contributed by atoms with van der Waals surface area (Å²) in [7, 11) is 0. The van der Waals surface area contributed by atoms with Crippen molar-refractivity contribution in [2.75, 3.05) is 13.2 Å². The van der Waals surface area contributed by atoms with E-state index < -0.39 is 0 Å². The molecule has 2 heterocycles. The predicted octanol–water partition coefficient (Wildman–Crippen LogP) is 3.01. The Morgan fingerprint density at radius 3 is 2.82 bits per heavy atom. The van der Waals surface area contributed by atoms with Crippen LogP contribution < -0.4 is 5.32 Å². The van der Waals surface area contributed by atoms with Gasteiger partial charge in [0.05, 0.1) is 19.1 Å². The number of nitrogens with one attached hydrogen (secondary N) is 1. The van der Waals surface area contributed by atoms with Gasteiger partial charge >= 0.3 is 0 Å². The van der Waals surface area contributed by atoms with Crippen molar-refractivity contribution in [3.63, 3.8) is 0 Å². The molecule has 148 valence electrons. The highest BCUT2D eigenvalue weighted by molar-refractivity contribution is 6.01. The molecule has 0 spiro atoms. The van der Waals surface area contributed by atoms with Crippen molar-refractivity contribution in [3.8, 4) is 0 Å². The van der Waals surface area contributed by atoms with E-state index in [1.165, 1.54) is 5.56 Å². The molecule has 0 unspecified atom stereocenters. The average Bonchev–Trinajstić information content (AvgIpc) is 3.29. The molecule has 1 atom stereocenters. The number of benzene rings is 1. The molecule has 1 aliphatic heterocycles. The van der Waals surface area contributed by atoms with E-state index in [-0.39, 0.29) is 24.2 Å². The van der Waals surface area contributed by atoms with Crippen LogP contribution in [0.15, 0.2) is 30.3 Å². The van der Waals surface area contributed by atoms with Gasteiger partial charge in [-0.25, -0.2) is 0 Å². The number of aromatic nitrogens is 1. The van der Waals surface area contributed by atoms with Crippen LogP contribution in [0.1, 0.15) is 52.1 Å². The van der Waals surface area contributed by atoms with Gasteiger partial charge in [-0.2, -0.15) is 0 Å². The van der Waals surface area contributed by atoms with Crippen LogP contribution in [0.5, 0.6) is 0 Å². The van der Waals surface area contributed by atoms with Crippen LogP contribution in [0.25, 0.3) is 0 Å². The average molecular weight is 380 g/mol. The van der Waals surface area contributed by atoms with E-state index in [1.54, 1.807) is 0 Å². The number of Topliss-reactive ketones (excluding diaryl/α,β-unsaturated/α-hetero) is 1. The zero-order chi connectivity index (χ0) is 19.5. The molecule has 2 aromatic rings. The summed E-state index contributed by atoms with van der Waals surface area (Å²) in [5.74, 6) is 0.176. The largest absolute Gasteiger partial charge is 0.379 e. The topological polar surface area (TPSA) is 60.3 Å². The van der Waals surface area contributed by atoms with Gasteiger partial charge in [-0.05, 0) is 43.7 Å². The normalized spacial score (nSPS) is 18.9. The van der Waals surface area contributed by atoms with E-state index in [9.17, 15) is 9.59 Å². The zero-order valence-electron chi connectivity index (χ0n) is 16.5. The number of aryl methyl sites for hydroxylation is 1. The lowest BCUT2D eigenvalue weighted by Gasteiger charge is -2.16. The molecule has 2 aliphatic rings. The lowest BCUT2D eigenvalue weighted by molar-refractivity contribution is -0.121. The maximum absolute atomic E-state index is 12.7. The third-order valence-electron chi connectivity index (χ3n) is 5.95. The Kier molecular flexibility index (Phi) is 5.62. The van der Waals surface area contributed by atoms with E-state index in [1.807, 2.05) is 6.07 Å². The number of amides is 1. The second kappa shape index (κ2) is 8.31. The molecule has 0 radical (unpaired) electrons. The first-order valence-electron chi connectivity index (χ1n) is 10.3. The quantitative estimate of drug-likeness (QED) is 0.838. The fraction of sp³-hybridized carbons (Fsp3) is 0.478. The Morgan fingerprint density at radius 1 is 1.25 bits per heavy atom. The molecule has 1 aromatic carbocycles. The minimum absolute atomic E-state index is 0.0139. The summed E-state index contributed by atoms with van der Waals surface area (Å²) >= 11 is 0. The van der Waals surface area contributed by atoms with Crippen molar-refractivity contribution in [1.82, 2.24) is 9.88 Å². The van der Waals surface area contributed by atoms with Crippen LogP contribution in [-0.2, 0) is 35.3 Å². The first-order valence-corrected chi connectivity index (χ1v) is 10.3. The Morgan fingerprint density at radius 2 is 2.07 bits per heavy atom. The SMILES string of the molecule is Cc1c(CC(=O)N[C@H]2CCOC2)c2c(n1CCc1ccccc1)CCCC2=O. The minimum Gasteiger partial charge on any atom is -0.379 e. The van der Waals surface area contributed by atoms with E-state index in [4.69, 9.17) is 4.74 Å². The first-order chi connectivity index (χ1) is 13.6. The van der Waals surface area contributed by atoms with Crippen molar-refractivity contribution in [1.29, 1.82) is 0 Å². The van der Waals surface area contributed by atoms with Gasteiger partial charge in [0.15, 0.2) is 5.78 Å². The molecular formula is C23H28N2O3. The number of fused-ring (bicyclic) bond motifs is 1. The summed E-state index contributed by atoms with van der Waals surface area (Å²) in [6, 6.07) is 10.5. The Bertz CT molecular complexity index is 864. The Labute approximate surface area is 166 Å². The molecule has 5 nitrogen and oxygen atoms in total. The highest BCUT2D eigenvalue weighted by atomic mass is 16.5. The summed E-state index contributed by atoms with van der Waals surface area (Å²) in [6.07, 6.45) is 4.44. The maximum atomic E-state index is 12.7. The van der Waals surface area contributed by atoms with Gasteiger partial charge in [0, 0.05) is 36.5 Å². The molecule has 4 rings (SSSR count). The molecule has 1 aliphatic carbocycles. The number of carbonyl (C=O) groups is 2. The molecule has 5 heteroatoms. The molecular weight excluding hydrogens is 352 g/mol. The highest BCUT2D eigenvalue weighted by Crippen LogP contribution is 2.30. The first kappa shape index (κ1) is 18.9. The summed E-state index contributed by atoms with van der Waals surface area (Å²) in [5, 5.41) is 3.06. The summed E-state index contributed by atoms with van der Waals surface area (Å²) in [6.45, 7) is 4.18. The smallest absolute Gasteiger partial charge is 0.224 e. The van der Waals surface area contributed by atoms with Crippen LogP contribution in [0.2, 0.25) is 0 Å². The lowest BCUT2D eigenvalue weighted by atomic mass is 9.92. The predicted molar refractivity (Wildman–Crippen MR) is 108 cm³/mol. The second-order valence-corrected chi connectivity index (χ2v) is 7.85. The molecule has 0 bridgehead atoms. The van der Waals surface area contributed by atoms with Crippen LogP contribution in [0.4, 0.5) is 0 Å². The second-order valence-electron chi connectivity index (χ2n) is 7.85. The molecule has 1 aromatic heterocycles. The van der Waals surface area contributed by atoms with Crippen LogP contribution in [-0.4, -0.2) is 35.5 Å². The fourth-order valence-corrected chi connectivity index (χ4v) is 4.48. The number of nitrogens with zero attached hydrogens (tertiary/aromatic N) is 1. The molecule has 1 saturated heterocycles. The third-order valence-corrected chi connectivity index (χ3v) is 5.95. The van der Waals surface area contributed by atoms with Crippen molar-refractivity contribution in [2.45, 2.75) is 58.0 Å². The van der Waals surface area contributed by atoms with Crippen LogP contribution in [0, 0.1) is 6.92 Å². The van der Waals surface area contributed by atoms with Crippen molar-refractivity contribution in [2.24, 2.45) is 0 Å². The molecule has 28 heavy (non-hydrogen) atoms. The Hall–Kier alpha value is -2.40. The van der Waals surface area contributed by atoms with Gasteiger partial charge in [-0.3, -0.25) is 9.59 Å². The highest BCUT2D eigenvalue weighted by Gasteiger charge is 2.29. The van der Waals surface area contributed by atoms with Gasteiger partial charge < -0.3 is 14.6 Å². The number of rotatable bonds is 6. The molecule has 1 fully saturated rings. The minimum atomic E-state index is -0.0139. The van der Waals surface area contributed by atoms with Gasteiger partial charge in [0.2, 0.25) is 5.91 Å². The number of ketones is 1. The summed E-state index contributed by atoms with van der Waals surface area (Å²) in [4.78, 5) is 25.3. The maximum Gasteiger partial charge on any atom is 0.224 e. The number of ether oxygens (including phenoxy) is 1. The van der Waals surface area contributed by atoms with Crippen LogP contribution >= 0.6 is 0 Å². The van der Waals surface area contributed by atoms with E-state index >= 15 is 0 Å². The summed E-state index contributed by atoms with van der Waals surface area (Å²) < 4.78 is 7.62. The van der Waals surface area contributed by atoms with Gasteiger partial charge in [0.25, 0.3) is 0 Å². The monoisotopic (exact) mass is 380 g/mol. The third kappa shape index (κ3) is 3.90. The summed E-state index contributed by atoms with van der Waals surface area (Å²) in [5.41, 5.74) is 5.21. The fourth-order valence-electron chi connectivity index (χ4n) is 4.48. The van der Waals surface area contributed by atoms with Gasteiger partial charge in [-0.15, -0.1) is 0 Å². The Balaban J connectivity index is 1.57. The number of carbonyl (C=O) groups excluding carboxylic acids is 2. The lowest BCUT2D eigenvalue weighted by Crippen LogP contribution is -2.36. The van der Waals surface area contributed by atoms with E-state index in [0.29, 0.717) is 19.6 Å².